The van der Waals surface area contributed by atoms with Gasteiger partial charge in [-0.05, 0) is 58.0 Å². The maximum absolute atomic E-state index is 12.3. The standard InChI is InChI=1S/C23H28N4O5/c1-5-30-21(29)15-7-8-17-19(10-15)27(12-18-20(28)9-6-14(2)25-18)22(26-17)24-11-16-13-31-23(3,4)32-16/h6-10,16,28H,5,11-13H2,1-4H3,(H,24,26)/t16-/m1/s1. The van der Waals surface area contributed by atoms with Gasteiger partial charge in [0.2, 0.25) is 5.95 Å². The smallest absolute Gasteiger partial charge is 0.338 e. The fourth-order valence-corrected chi connectivity index (χ4v) is 3.70. The number of ether oxygens (including phenoxy) is 3. The highest BCUT2D eigenvalue weighted by atomic mass is 16.7. The summed E-state index contributed by atoms with van der Waals surface area (Å²) in [5.74, 6) is -0.332. The molecule has 170 valence electrons. The molecule has 0 saturated carbocycles. The molecule has 0 unspecified atom stereocenters. The lowest BCUT2D eigenvalue weighted by Gasteiger charge is -2.18. The van der Waals surface area contributed by atoms with E-state index in [0.29, 0.717) is 42.5 Å². The van der Waals surface area contributed by atoms with Crippen molar-refractivity contribution >= 4 is 23.0 Å². The lowest BCUT2D eigenvalue weighted by Crippen LogP contribution is -2.26. The van der Waals surface area contributed by atoms with Gasteiger partial charge in [-0.2, -0.15) is 0 Å². The van der Waals surface area contributed by atoms with Crippen LogP contribution in [0.1, 0.15) is 42.5 Å². The second-order valence-electron chi connectivity index (χ2n) is 8.20. The van der Waals surface area contributed by atoms with Crippen LogP contribution in [-0.2, 0) is 20.8 Å². The van der Waals surface area contributed by atoms with Gasteiger partial charge in [0, 0.05) is 12.2 Å². The van der Waals surface area contributed by atoms with Gasteiger partial charge in [0.1, 0.15) is 17.5 Å². The highest BCUT2D eigenvalue weighted by Gasteiger charge is 2.32. The minimum absolute atomic E-state index is 0.0965. The van der Waals surface area contributed by atoms with Crippen molar-refractivity contribution in [2.45, 2.75) is 46.1 Å². The van der Waals surface area contributed by atoms with Crippen molar-refractivity contribution in [1.29, 1.82) is 0 Å². The monoisotopic (exact) mass is 440 g/mol. The van der Waals surface area contributed by atoms with E-state index in [2.05, 4.69) is 10.3 Å². The van der Waals surface area contributed by atoms with Crippen LogP contribution in [0.25, 0.3) is 11.0 Å². The Morgan fingerprint density at radius 2 is 2.12 bits per heavy atom. The Morgan fingerprint density at radius 3 is 2.84 bits per heavy atom. The molecule has 1 aromatic carbocycles. The average molecular weight is 441 g/mol. The number of hydrogen-bond acceptors (Lipinski definition) is 8. The summed E-state index contributed by atoms with van der Waals surface area (Å²) in [4.78, 5) is 21.4. The first-order valence-electron chi connectivity index (χ1n) is 10.6. The van der Waals surface area contributed by atoms with E-state index in [-0.39, 0.29) is 18.4 Å². The third kappa shape index (κ3) is 4.68. The third-order valence-corrected chi connectivity index (χ3v) is 5.21. The maximum Gasteiger partial charge on any atom is 0.338 e. The molecular formula is C23H28N4O5. The largest absolute Gasteiger partial charge is 0.506 e. The van der Waals surface area contributed by atoms with Crippen LogP contribution < -0.4 is 5.32 Å². The van der Waals surface area contributed by atoms with Crippen LogP contribution in [0, 0.1) is 6.92 Å². The van der Waals surface area contributed by atoms with E-state index in [4.69, 9.17) is 19.2 Å². The second kappa shape index (κ2) is 8.76. The number of nitrogens with zero attached hydrogens (tertiary/aromatic N) is 3. The van der Waals surface area contributed by atoms with E-state index in [0.717, 1.165) is 11.2 Å². The van der Waals surface area contributed by atoms with Crippen molar-refractivity contribution in [2.24, 2.45) is 0 Å². The van der Waals surface area contributed by atoms with E-state index < -0.39 is 11.8 Å². The maximum atomic E-state index is 12.3. The third-order valence-electron chi connectivity index (χ3n) is 5.21. The minimum Gasteiger partial charge on any atom is -0.506 e. The van der Waals surface area contributed by atoms with Crippen LogP contribution in [0.5, 0.6) is 5.75 Å². The number of imidazole rings is 1. The summed E-state index contributed by atoms with van der Waals surface area (Å²) in [6.07, 6.45) is -0.126. The minimum atomic E-state index is -0.613. The number of anilines is 1. The number of esters is 1. The van der Waals surface area contributed by atoms with Crippen LogP contribution in [0.15, 0.2) is 30.3 Å². The molecule has 1 atom stereocenters. The van der Waals surface area contributed by atoms with Crippen molar-refractivity contribution in [2.75, 3.05) is 25.1 Å². The van der Waals surface area contributed by atoms with E-state index >= 15 is 0 Å². The molecule has 3 aromatic rings. The summed E-state index contributed by atoms with van der Waals surface area (Å²) in [6, 6.07) is 8.60. The number of rotatable bonds is 7. The summed E-state index contributed by atoms with van der Waals surface area (Å²) >= 11 is 0. The van der Waals surface area contributed by atoms with Crippen molar-refractivity contribution in [1.82, 2.24) is 14.5 Å². The summed E-state index contributed by atoms with van der Waals surface area (Å²) in [7, 11) is 0. The Morgan fingerprint density at radius 1 is 1.31 bits per heavy atom. The average Bonchev–Trinajstić information content (AvgIpc) is 3.28. The van der Waals surface area contributed by atoms with Crippen molar-refractivity contribution in [3.63, 3.8) is 0 Å². The molecule has 4 rings (SSSR count). The van der Waals surface area contributed by atoms with Gasteiger partial charge in [-0.1, -0.05) is 0 Å². The van der Waals surface area contributed by atoms with Crippen LogP contribution in [0.3, 0.4) is 0 Å². The molecule has 0 aliphatic carbocycles. The van der Waals surface area contributed by atoms with E-state index in [9.17, 15) is 9.90 Å². The Bertz CT molecular complexity index is 1140. The van der Waals surface area contributed by atoms with E-state index in [1.165, 1.54) is 0 Å². The first-order chi connectivity index (χ1) is 15.3. The van der Waals surface area contributed by atoms with Gasteiger partial charge in [0.25, 0.3) is 0 Å². The van der Waals surface area contributed by atoms with Gasteiger partial charge in [0.05, 0.1) is 36.4 Å². The Balaban J connectivity index is 1.69. The number of aromatic nitrogens is 3. The molecule has 0 radical (unpaired) electrons. The molecule has 3 heterocycles. The van der Waals surface area contributed by atoms with Crippen molar-refractivity contribution < 1.29 is 24.1 Å². The Kier molecular flexibility index (Phi) is 6.03. The Labute approximate surface area is 186 Å². The molecule has 9 heteroatoms. The van der Waals surface area contributed by atoms with Gasteiger partial charge in [0.15, 0.2) is 5.79 Å². The number of aromatic hydroxyl groups is 1. The molecular weight excluding hydrogens is 412 g/mol. The predicted molar refractivity (Wildman–Crippen MR) is 119 cm³/mol. The summed E-state index contributed by atoms with van der Waals surface area (Å²) in [5.41, 5.74) is 3.17. The highest BCUT2D eigenvalue weighted by Crippen LogP contribution is 2.27. The van der Waals surface area contributed by atoms with Crippen LogP contribution >= 0.6 is 0 Å². The molecule has 2 N–H and O–H groups in total. The highest BCUT2D eigenvalue weighted by molar-refractivity contribution is 5.94. The van der Waals surface area contributed by atoms with Gasteiger partial charge in [-0.15, -0.1) is 0 Å². The fourth-order valence-electron chi connectivity index (χ4n) is 3.70. The molecule has 1 aliphatic heterocycles. The van der Waals surface area contributed by atoms with Gasteiger partial charge >= 0.3 is 5.97 Å². The number of nitrogens with one attached hydrogen (secondary N) is 1. The first-order valence-corrected chi connectivity index (χ1v) is 10.6. The zero-order valence-electron chi connectivity index (χ0n) is 18.7. The number of carbonyl (C=O) groups is 1. The number of carbonyl (C=O) groups excluding carboxylic acids is 1. The van der Waals surface area contributed by atoms with Gasteiger partial charge < -0.3 is 29.2 Å². The van der Waals surface area contributed by atoms with E-state index in [1.807, 2.05) is 25.3 Å². The fraction of sp³-hybridized carbons (Fsp3) is 0.435. The van der Waals surface area contributed by atoms with Crippen LogP contribution in [-0.4, -0.2) is 57.3 Å². The first kappa shape index (κ1) is 22.0. The molecule has 0 amide bonds. The number of hydrogen-bond donors (Lipinski definition) is 2. The summed E-state index contributed by atoms with van der Waals surface area (Å²) in [6.45, 7) is 8.93. The molecule has 1 aliphatic rings. The molecule has 0 bridgehead atoms. The summed E-state index contributed by atoms with van der Waals surface area (Å²) < 4.78 is 18.5. The number of benzene rings is 1. The number of aryl methyl sites for hydroxylation is 1. The number of pyridine rings is 1. The molecule has 9 nitrogen and oxygen atoms in total. The molecule has 2 aromatic heterocycles. The lowest BCUT2D eigenvalue weighted by atomic mass is 10.2. The summed E-state index contributed by atoms with van der Waals surface area (Å²) in [5, 5.41) is 13.7. The normalized spacial score (nSPS) is 17.6. The van der Waals surface area contributed by atoms with Crippen molar-refractivity contribution in [3.05, 3.63) is 47.3 Å². The Hall–Kier alpha value is -3.17. The quantitative estimate of drug-likeness (QED) is 0.539. The van der Waals surface area contributed by atoms with Crippen LogP contribution in [0.4, 0.5) is 5.95 Å². The molecule has 1 fully saturated rings. The second-order valence-corrected chi connectivity index (χ2v) is 8.20. The predicted octanol–water partition coefficient (Wildman–Crippen LogP) is 3.23. The van der Waals surface area contributed by atoms with Gasteiger partial charge in [-0.3, -0.25) is 4.98 Å². The van der Waals surface area contributed by atoms with E-state index in [1.54, 1.807) is 37.3 Å². The zero-order valence-corrected chi connectivity index (χ0v) is 18.7. The molecule has 0 spiro atoms. The SMILES string of the molecule is CCOC(=O)c1ccc2nc(NC[C@@H]3COC(C)(C)O3)n(Cc3nc(C)ccc3O)c2c1. The number of fused-ring (bicyclic) bond motifs is 1. The molecule has 1 saturated heterocycles. The zero-order chi connectivity index (χ0) is 22.9. The van der Waals surface area contributed by atoms with Crippen LogP contribution in [0.2, 0.25) is 0 Å². The molecule has 32 heavy (non-hydrogen) atoms. The van der Waals surface area contributed by atoms with Gasteiger partial charge in [-0.25, -0.2) is 9.78 Å². The topological polar surface area (TPSA) is 108 Å². The lowest BCUT2D eigenvalue weighted by molar-refractivity contribution is -0.136. The van der Waals surface area contributed by atoms with Crippen molar-refractivity contribution in [3.8, 4) is 5.75 Å².